The zero-order chi connectivity index (χ0) is 14.8. The highest BCUT2D eigenvalue weighted by Gasteiger charge is 2.07. The van der Waals surface area contributed by atoms with E-state index in [4.69, 9.17) is 9.47 Å². The minimum Gasteiger partial charge on any atom is -0.497 e. The SMILES string of the molecule is COc1cc(OC)cc(-c2cnc3cccc(F)c3c2)c1. The molecule has 0 saturated carbocycles. The predicted octanol–water partition coefficient (Wildman–Crippen LogP) is 4.06. The number of hydrogen-bond acceptors (Lipinski definition) is 3. The van der Waals surface area contributed by atoms with Crippen molar-refractivity contribution in [2.24, 2.45) is 0 Å². The molecule has 0 atom stereocenters. The van der Waals surface area contributed by atoms with Crippen LogP contribution >= 0.6 is 0 Å². The Morgan fingerprint density at radius 1 is 0.905 bits per heavy atom. The van der Waals surface area contributed by atoms with Crippen LogP contribution < -0.4 is 9.47 Å². The summed E-state index contributed by atoms with van der Waals surface area (Å²) in [5, 5.41) is 0.497. The molecule has 106 valence electrons. The Morgan fingerprint density at radius 2 is 1.62 bits per heavy atom. The third-order valence-electron chi connectivity index (χ3n) is 3.36. The summed E-state index contributed by atoms with van der Waals surface area (Å²) < 4.78 is 24.4. The van der Waals surface area contributed by atoms with Crippen molar-refractivity contribution in [2.75, 3.05) is 14.2 Å². The van der Waals surface area contributed by atoms with Crippen LogP contribution in [0.3, 0.4) is 0 Å². The molecule has 0 amide bonds. The maximum absolute atomic E-state index is 13.9. The number of rotatable bonds is 3. The van der Waals surface area contributed by atoms with Crippen LogP contribution in [0.4, 0.5) is 4.39 Å². The summed E-state index contributed by atoms with van der Waals surface area (Å²) in [7, 11) is 3.19. The topological polar surface area (TPSA) is 31.4 Å². The monoisotopic (exact) mass is 283 g/mol. The van der Waals surface area contributed by atoms with Crippen LogP contribution in [0.25, 0.3) is 22.0 Å². The van der Waals surface area contributed by atoms with E-state index in [1.54, 1.807) is 44.7 Å². The fourth-order valence-corrected chi connectivity index (χ4v) is 2.24. The van der Waals surface area contributed by atoms with Crippen LogP contribution in [0, 0.1) is 5.82 Å². The Kier molecular flexibility index (Phi) is 3.44. The predicted molar refractivity (Wildman–Crippen MR) is 80.2 cm³/mol. The third kappa shape index (κ3) is 2.52. The molecule has 1 aromatic heterocycles. The maximum Gasteiger partial charge on any atom is 0.132 e. The van der Waals surface area contributed by atoms with E-state index >= 15 is 0 Å². The number of fused-ring (bicyclic) bond motifs is 1. The number of aromatic nitrogens is 1. The van der Waals surface area contributed by atoms with Crippen molar-refractivity contribution in [2.45, 2.75) is 0 Å². The van der Waals surface area contributed by atoms with Gasteiger partial charge in [0.1, 0.15) is 17.3 Å². The first-order valence-electron chi connectivity index (χ1n) is 6.49. The van der Waals surface area contributed by atoms with Crippen molar-refractivity contribution in [1.29, 1.82) is 0 Å². The van der Waals surface area contributed by atoms with Gasteiger partial charge in [0, 0.05) is 23.2 Å². The second-order valence-corrected chi connectivity index (χ2v) is 4.63. The smallest absolute Gasteiger partial charge is 0.132 e. The number of hydrogen-bond donors (Lipinski definition) is 0. The standard InChI is InChI=1S/C17H14FNO2/c1-20-13-6-11(7-14(9-13)21-2)12-8-15-16(18)4-3-5-17(15)19-10-12/h3-10H,1-2H3. The molecular formula is C17H14FNO2. The van der Waals surface area contributed by atoms with Gasteiger partial charge in [0.15, 0.2) is 0 Å². The summed E-state index contributed by atoms with van der Waals surface area (Å²) in [5.41, 5.74) is 2.31. The highest BCUT2D eigenvalue weighted by atomic mass is 19.1. The number of nitrogens with zero attached hydrogens (tertiary/aromatic N) is 1. The van der Waals surface area contributed by atoms with Crippen LogP contribution in [0.5, 0.6) is 11.5 Å². The molecule has 0 saturated heterocycles. The Labute approximate surface area is 122 Å². The Bertz CT molecular complexity index is 780. The molecule has 0 spiro atoms. The van der Waals surface area contributed by atoms with E-state index in [1.165, 1.54) is 6.07 Å². The largest absolute Gasteiger partial charge is 0.497 e. The molecule has 0 unspecified atom stereocenters. The van der Waals surface area contributed by atoms with E-state index in [0.717, 1.165) is 11.1 Å². The number of methoxy groups -OCH3 is 2. The summed E-state index contributed by atoms with van der Waals surface area (Å²) in [6.45, 7) is 0. The van der Waals surface area contributed by atoms with Gasteiger partial charge in [-0.25, -0.2) is 4.39 Å². The number of halogens is 1. The van der Waals surface area contributed by atoms with Gasteiger partial charge in [0.25, 0.3) is 0 Å². The molecule has 0 aliphatic heterocycles. The Morgan fingerprint density at radius 3 is 2.29 bits per heavy atom. The molecule has 4 heteroatoms. The molecule has 0 fully saturated rings. The van der Waals surface area contributed by atoms with Gasteiger partial charge < -0.3 is 9.47 Å². The van der Waals surface area contributed by atoms with Gasteiger partial charge in [-0.2, -0.15) is 0 Å². The number of pyridine rings is 1. The summed E-state index contributed by atoms with van der Waals surface area (Å²) in [6.07, 6.45) is 1.72. The van der Waals surface area contributed by atoms with Crippen molar-refractivity contribution in [1.82, 2.24) is 4.98 Å². The minimum absolute atomic E-state index is 0.281. The molecule has 0 N–H and O–H groups in total. The summed E-state index contributed by atoms with van der Waals surface area (Å²) in [6, 6.07) is 12.2. The van der Waals surface area contributed by atoms with Crippen molar-refractivity contribution < 1.29 is 13.9 Å². The van der Waals surface area contributed by atoms with Gasteiger partial charge in [-0.1, -0.05) is 6.07 Å². The van der Waals surface area contributed by atoms with Crippen LogP contribution in [0.1, 0.15) is 0 Å². The van der Waals surface area contributed by atoms with Gasteiger partial charge in [-0.05, 0) is 35.9 Å². The average molecular weight is 283 g/mol. The molecule has 0 aliphatic carbocycles. The highest BCUT2D eigenvalue weighted by molar-refractivity contribution is 5.84. The van der Waals surface area contributed by atoms with Gasteiger partial charge in [0.2, 0.25) is 0 Å². The molecule has 3 rings (SSSR count). The second kappa shape index (κ2) is 5.40. The Balaban J connectivity index is 2.18. The average Bonchev–Trinajstić information content (AvgIpc) is 2.54. The second-order valence-electron chi connectivity index (χ2n) is 4.63. The lowest BCUT2D eigenvalue weighted by Gasteiger charge is -2.09. The lowest BCUT2D eigenvalue weighted by atomic mass is 10.0. The van der Waals surface area contributed by atoms with E-state index in [9.17, 15) is 4.39 Å². The van der Waals surface area contributed by atoms with Crippen molar-refractivity contribution in [3.63, 3.8) is 0 Å². The molecule has 0 aliphatic rings. The molecule has 2 aromatic carbocycles. The van der Waals surface area contributed by atoms with Crippen molar-refractivity contribution >= 4 is 10.9 Å². The molecule has 3 aromatic rings. The van der Waals surface area contributed by atoms with E-state index < -0.39 is 0 Å². The van der Waals surface area contributed by atoms with Crippen molar-refractivity contribution in [3.05, 3.63) is 54.5 Å². The van der Waals surface area contributed by atoms with Gasteiger partial charge >= 0.3 is 0 Å². The van der Waals surface area contributed by atoms with E-state index in [0.29, 0.717) is 22.4 Å². The van der Waals surface area contributed by atoms with E-state index in [2.05, 4.69) is 4.98 Å². The number of ether oxygens (including phenoxy) is 2. The maximum atomic E-state index is 13.9. The summed E-state index contributed by atoms with van der Waals surface area (Å²) in [5.74, 6) is 1.08. The van der Waals surface area contributed by atoms with Gasteiger partial charge in [-0.3, -0.25) is 4.98 Å². The molecule has 0 radical (unpaired) electrons. The molecule has 21 heavy (non-hydrogen) atoms. The molecular weight excluding hydrogens is 269 g/mol. The summed E-state index contributed by atoms with van der Waals surface area (Å²) in [4.78, 5) is 4.31. The first-order chi connectivity index (χ1) is 10.2. The third-order valence-corrected chi connectivity index (χ3v) is 3.36. The number of benzene rings is 2. The van der Waals surface area contributed by atoms with E-state index in [-0.39, 0.29) is 5.82 Å². The first-order valence-corrected chi connectivity index (χ1v) is 6.49. The fraction of sp³-hybridized carbons (Fsp3) is 0.118. The van der Waals surface area contributed by atoms with Gasteiger partial charge in [-0.15, -0.1) is 0 Å². The molecule has 1 heterocycles. The normalized spacial score (nSPS) is 10.6. The molecule has 0 bridgehead atoms. The quantitative estimate of drug-likeness (QED) is 0.726. The van der Waals surface area contributed by atoms with Crippen LogP contribution in [0.2, 0.25) is 0 Å². The summed E-state index contributed by atoms with van der Waals surface area (Å²) >= 11 is 0. The zero-order valence-electron chi connectivity index (χ0n) is 11.8. The fourth-order valence-electron chi connectivity index (χ4n) is 2.24. The minimum atomic E-state index is -0.281. The van der Waals surface area contributed by atoms with E-state index in [1.807, 2.05) is 12.1 Å². The van der Waals surface area contributed by atoms with Crippen LogP contribution in [-0.2, 0) is 0 Å². The first kappa shape index (κ1) is 13.4. The van der Waals surface area contributed by atoms with Crippen LogP contribution in [0.15, 0.2) is 48.7 Å². The zero-order valence-corrected chi connectivity index (χ0v) is 11.8. The van der Waals surface area contributed by atoms with Gasteiger partial charge in [0.05, 0.1) is 19.7 Å². The Hall–Kier alpha value is -2.62. The highest BCUT2D eigenvalue weighted by Crippen LogP contribution is 2.31. The van der Waals surface area contributed by atoms with Crippen LogP contribution in [-0.4, -0.2) is 19.2 Å². The molecule has 3 nitrogen and oxygen atoms in total. The lowest BCUT2D eigenvalue weighted by molar-refractivity contribution is 0.394. The lowest BCUT2D eigenvalue weighted by Crippen LogP contribution is -1.90. The van der Waals surface area contributed by atoms with Crippen molar-refractivity contribution in [3.8, 4) is 22.6 Å².